The third-order valence-electron chi connectivity index (χ3n) is 3.67. The van der Waals surface area contributed by atoms with Crippen LogP contribution in [0.15, 0.2) is 23.1 Å². The zero-order valence-electron chi connectivity index (χ0n) is 13.1. The molecule has 1 heterocycles. The topological polar surface area (TPSA) is 102 Å². The smallest absolute Gasteiger partial charge is 0.324 e. The van der Waals surface area contributed by atoms with Crippen LogP contribution in [0.3, 0.4) is 0 Å². The van der Waals surface area contributed by atoms with Crippen LogP contribution in [-0.2, 0) is 19.6 Å². The van der Waals surface area contributed by atoms with E-state index in [1.807, 2.05) is 0 Å². The van der Waals surface area contributed by atoms with Crippen molar-refractivity contribution in [3.63, 3.8) is 0 Å². The molecule has 8 nitrogen and oxygen atoms in total. The third kappa shape index (κ3) is 3.26. The molecule has 0 bridgehead atoms. The van der Waals surface area contributed by atoms with Gasteiger partial charge in [-0.15, -0.1) is 0 Å². The molecule has 0 aliphatic carbocycles. The highest BCUT2D eigenvalue weighted by atomic mass is 32.2. The molecule has 9 heteroatoms. The second-order valence-corrected chi connectivity index (χ2v) is 6.91. The molecular formula is C14H19NO7S. The summed E-state index contributed by atoms with van der Waals surface area (Å²) in [4.78, 5) is 11.7. The van der Waals surface area contributed by atoms with Crippen LogP contribution in [0.2, 0.25) is 0 Å². The molecule has 1 fully saturated rings. The van der Waals surface area contributed by atoms with Crippen LogP contribution in [0.1, 0.15) is 6.42 Å². The highest BCUT2D eigenvalue weighted by Gasteiger charge is 2.44. The van der Waals surface area contributed by atoms with Crippen LogP contribution in [-0.4, -0.2) is 63.8 Å². The van der Waals surface area contributed by atoms with Gasteiger partial charge < -0.3 is 19.3 Å². The first-order chi connectivity index (χ1) is 10.8. The Morgan fingerprint density at radius 1 is 1.22 bits per heavy atom. The minimum absolute atomic E-state index is 0.000801. The van der Waals surface area contributed by atoms with Gasteiger partial charge in [-0.25, -0.2) is 8.42 Å². The number of carbonyl (C=O) groups is 1. The molecule has 1 aromatic rings. The van der Waals surface area contributed by atoms with E-state index >= 15 is 0 Å². The van der Waals surface area contributed by atoms with Gasteiger partial charge in [0.15, 0.2) is 11.5 Å². The van der Waals surface area contributed by atoms with Gasteiger partial charge in [0, 0.05) is 19.0 Å². The lowest BCUT2D eigenvalue weighted by Crippen LogP contribution is -2.41. The molecule has 1 saturated heterocycles. The molecule has 2 atom stereocenters. The first-order valence-electron chi connectivity index (χ1n) is 6.85. The number of sulfonamides is 1. The van der Waals surface area contributed by atoms with Gasteiger partial charge in [0.25, 0.3) is 0 Å². The number of aliphatic hydroxyl groups excluding tert-OH is 1. The van der Waals surface area contributed by atoms with Crippen LogP contribution in [0.4, 0.5) is 0 Å². The van der Waals surface area contributed by atoms with E-state index < -0.39 is 28.1 Å². The monoisotopic (exact) mass is 345 g/mol. The zero-order chi connectivity index (χ0) is 17.2. The van der Waals surface area contributed by atoms with E-state index in [0.717, 1.165) is 4.31 Å². The second kappa shape index (κ2) is 6.73. The lowest BCUT2D eigenvalue weighted by atomic mass is 10.2. The molecule has 0 spiro atoms. The highest BCUT2D eigenvalue weighted by molar-refractivity contribution is 7.89. The number of hydrogen-bond donors (Lipinski definition) is 1. The van der Waals surface area contributed by atoms with Crippen LogP contribution >= 0.6 is 0 Å². The summed E-state index contributed by atoms with van der Waals surface area (Å²) in [7, 11) is 0.0129. The normalized spacial score (nSPS) is 21.9. The second-order valence-electron chi connectivity index (χ2n) is 5.02. The van der Waals surface area contributed by atoms with Crippen LogP contribution in [0.25, 0.3) is 0 Å². The summed E-state index contributed by atoms with van der Waals surface area (Å²) >= 11 is 0. The summed E-state index contributed by atoms with van der Waals surface area (Å²) in [5, 5.41) is 9.75. The number of benzene rings is 1. The summed E-state index contributed by atoms with van der Waals surface area (Å²) in [5.74, 6) is -0.0639. The Balaban J connectivity index is 2.43. The first-order valence-corrected chi connectivity index (χ1v) is 8.29. The first kappa shape index (κ1) is 17.5. The van der Waals surface area contributed by atoms with E-state index in [4.69, 9.17) is 9.47 Å². The summed E-state index contributed by atoms with van der Waals surface area (Å²) < 4.78 is 41.3. The Morgan fingerprint density at radius 2 is 1.87 bits per heavy atom. The van der Waals surface area contributed by atoms with Gasteiger partial charge in [-0.2, -0.15) is 4.31 Å². The van der Waals surface area contributed by atoms with Gasteiger partial charge in [0.2, 0.25) is 10.0 Å². The maximum absolute atomic E-state index is 12.8. The van der Waals surface area contributed by atoms with Crippen LogP contribution in [0.5, 0.6) is 11.5 Å². The van der Waals surface area contributed by atoms with Gasteiger partial charge in [-0.05, 0) is 12.1 Å². The average Bonchev–Trinajstić information content (AvgIpc) is 2.96. The molecule has 1 N–H and O–H groups in total. The van der Waals surface area contributed by atoms with Gasteiger partial charge in [0.1, 0.15) is 6.04 Å². The number of aliphatic hydroxyl groups is 1. The molecule has 0 aromatic heterocycles. The standard InChI is InChI=1S/C14H19NO7S/c1-20-12-5-4-10(7-13(12)21-2)23(18,19)15-8-9(16)6-11(15)14(17)22-3/h4-5,7,9,11,16H,6,8H2,1-3H3/t9-,11+/m0/s1. The summed E-state index contributed by atoms with van der Waals surface area (Å²) in [6.45, 7) is -0.170. The molecule has 2 rings (SSSR count). The molecule has 0 saturated carbocycles. The number of nitrogens with zero attached hydrogens (tertiary/aromatic N) is 1. The Labute approximate surface area is 134 Å². The van der Waals surface area contributed by atoms with Gasteiger partial charge in [0.05, 0.1) is 32.3 Å². The zero-order valence-corrected chi connectivity index (χ0v) is 13.9. The Morgan fingerprint density at radius 3 is 2.43 bits per heavy atom. The third-order valence-corrected chi connectivity index (χ3v) is 5.54. The summed E-state index contributed by atoms with van der Waals surface area (Å²) in [6.07, 6.45) is -0.923. The van der Waals surface area contributed by atoms with Crippen LogP contribution in [0, 0.1) is 0 Å². The number of hydrogen-bond acceptors (Lipinski definition) is 7. The van der Waals surface area contributed by atoms with Crippen molar-refractivity contribution >= 4 is 16.0 Å². The van der Waals surface area contributed by atoms with Crippen molar-refractivity contribution in [2.24, 2.45) is 0 Å². The Bertz CT molecular complexity index is 688. The predicted octanol–water partition coefficient (Wildman–Crippen LogP) is 0.000700. The van der Waals surface area contributed by atoms with E-state index in [9.17, 15) is 18.3 Å². The van der Waals surface area contributed by atoms with Gasteiger partial charge in [-0.3, -0.25) is 4.79 Å². The minimum Gasteiger partial charge on any atom is -0.493 e. The molecule has 1 aromatic carbocycles. The van der Waals surface area contributed by atoms with Crippen molar-refractivity contribution in [1.29, 1.82) is 0 Å². The Kier molecular flexibility index (Phi) is 5.12. The molecule has 23 heavy (non-hydrogen) atoms. The molecule has 0 amide bonds. The van der Waals surface area contributed by atoms with Crippen molar-refractivity contribution in [1.82, 2.24) is 4.31 Å². The van der Waals surface area contributed by atoms with Crippen molar-refractivity contribution in [2.45, 2.75) is 23.5 Å². The summed E-state index contributed by atoms with van der Waals surface area (Å²) in [6, 6.07) is 3.09. The minimum atomic E-state index is -4.00. The molecule has 1 aliphatic rings. The van der Waals surface area contributed by atoms with E-state index in [1.165, 1.54) is 39.5 Å². The maximum atomic E-state index is 12.8. The highest BCUT2D eigenvalue weighted by Crippen LogP contribution is 2.33. The lowest BCUT2D eigenvalue weighted by molar-refractivity contribution is -0.144. The fraction of sp³-hybridized carbons (Fsp3) is 0.500. The quantitative estimate of drug-likeness (QED) is 0.749. The lowest BCUT2D eigenvalue weighted by Gasteiger charge is -2.22. The van der Waals surface area contributed by atoms with Crippen molar-refractivity contribution in [2.75, 3.05) is 27.9 Å². The molecule has 128 valence electrons. The molecule has 0 unspecified atom stereocenters. The number of β-amino-alcohol motifs (C(OH)–C–C–N with tert-alkyl or cyclic N) is 1. The van der Waals surface area contributed by atoms with E-state index in [0.29, 0.717) is 5.75 Å². The number of ether oxygens (including phenoxy) is 3. The molecule has 1 aliphatic heterocycles. The maximum Gasteiger partial charge on any atom is 0.324 e. The average molecular weight is 345 g/mol. The summed E-state index contributed by atoms with van der Waals surface area (Å²) in [5.41, 5.74) is 0. The van der Waals surface area contributed by atoms with Crippen molar-refractivity contribution < 1.29 is 32.5 Å². The van der Waals surface area contributed by atoms with Gasteiger partial charge in [-0.1, -0.05) is 0 Å². The fourth-order valence-corrected chi connectivity index (χ4v) is 4.15. The number of carbonyl (C=O) groups excluding carboxylic acids is 1. The number of esters is 1. The van der Waals surface area contributed by atoms with Crippen molar-refractivity contribution in [3.05, 3.63) is 18.2 Å². The van der Waals surface area contributed by atoms with E-state index in [1.54, 1.807) is 0 Å². The predicted molar refractivity (Wildman–Crippen MR) is 79.9 cm³/mol. The fourth-order valence-electron chi connectivity index (χ4n) is 2.51. The van der Waals surface area contributed by atoms with Crippen molar-refractivity contribution in [3.8, 4) is 11.5 Å². The molecule has 0 radical (unpaired) electrons. The number of rotatable bonds is 5. The van der Waals surface area contributed by atoms with E-state index in [-0.39, 0.29) is 23.6 Å². The van der Waals surface area contributed by atoms with Crippen LogP contribution < -0.4 is 9.47 Å². The molecular weight excluding hydrogens is 326 g/mol. The van der Waals surface area contributed by atoms with Gasteiger partial charge >= 0.3 is 5.97 Å². The largest absolute Gasteiger partial charge is 0.493 e. The SMILES string of the molecule is COC(=O)[C@H]1C[C@H](O)CN1S(=O)(=O)c1ccc(OC)c(OC)c1. The Hall–Kier alpha value is -1.84. The van der Waals surface area contributed by atoms with E-state index in [2.05, 4.69) is 4.74 Å². The number of methoxy groups -OCH3 is 3.